The highest BCUT2D eigenvalue weighted by Gasteiger charge is 2.59. The van der Waals surface area contributed by atoms with Crippen molar-refractivity contribution in [2.45, 2.75) is 8.65 Å². The van der Waals surface area contributed by atoms with Gasteiger partial charge < -0.3 is 0 Å². The van der Waals surface area contributed by atoms with Crippen LogP contribution in [0.3, 0.4) is 0 Å². The number of halogens is 2. The second-order valence-electron chi connectivity index (χ2n) is 4.68. The van der Waals surface area contributed by atoms with Gasteiger partial charge in [0.25, 0.3) is 0 Å². The van der Waals surface area contributed by atoms with Gasteiger partial charge in [0.15, 0.2) is 5.78 Å². The Kier molecular flexibility index (Phi) is 1.96. The van der Waals surface area contributed by atoms with E-state index in [4.69, 9.17) is 0 Å². The zero-order valence-corrected chi connectivity index (χ0v) is 11.0. The summed E-state index contributed by atoms with van der Waals surface area (Å²) in [5, 5.41) is 0. The number of ketones is 1. The predicted octanol–water partition coefficient (Wildman–Crippen LogP) is 0.468. The Bertz CT molecular complexity index is 267. The third-order valence-corrected chi connectivity index (χ3v) is 5.17. The molecule has 0 unspecified atom stereocenters. The van der Waals surface area contributed by atoms with Crippen LogP contribution >= 0.6 is 31.9 Å². The minimum absolute atomic E-state index is 0.316. The number of alkyl halides is 2. The zero-order valence-electron chi connectivity index (χ0n) is 7.80. The highest BCUT2D eigenvalue weighted by atomic mass is 79.9. The van der Waals surface area contributed by atoms with Crippen LogP contribution in [0.2, 0.25) is 0 Å². The largest absolute Gasteiger partial charge is 0.298 e. The monoisotopic (exact) mass is 322 g/mol. The lowest BCUT2D eigenvalue weighted by atomic mass is 9.84. The average Bonchev–Trinajstić information content (AvgIpc) is 2.28. The number of carbonyl (C=O) groups excluding carboxylic acids is 1. The number of fused-ring (bicyclic) bond motifs is 1. The van der Waals surface area contributed by atoms with Gasteiger partial charge in [-0.2, -0.15) is 0 Å². The number of carbonyl (C=O) groups is 1. The van der Waals surface area contributed by atoms with E-state index in [0.717, 1.165) is 39.3 Å². The van der Waals surface area contributed by atoms with Crippen LogP contribution in [0.15, 0.2) is 0 Å². The lowest BCUT2D eigenvalue weighted by molar-refractivity contribution is -0.129. The minimum Gasteiger partial charge on any atom is -0.298 e. The van der Waals surface area contributed by atoms with E-state index in [1.165, 1.54) is 0 Å². The standard InChI is InChI=1S/C9H12Br2N2O/c10-8-3-12-1-2-13(5-8)6-9(11,4-12)7(8)14/h1-6H2. The van der Waals surface area contributed by atoms with E-state index >= 15 is 0 Å². The molecule has 0 aliphatic carbocycles. The Labute approximate surface area is 100 Å². The van der Waals surface area contributed by atoms with E-state index in [1.807, 2.05) is 0 Å². The van der Waals surface area contributed by atoms with Gasteiger partial charge in [0, 0.05) is 39.3 Å². The molecule has 0 radical (unpaired) electrons. The number of nitrogens with zero attached hydrogens (tertiary/aromatic N) is 2. The topological polar surface area (TPSA) is 23.6 Å². The summed E-state index contributed by atoms with van der Waals surface area (Å²) in [6, 6.07) is 0. The third kappa shape index (κ3) is 1.19. The molecule has 0 saturated carbocycles. The number of hydrogen-bond donors (Lipinski definition) is 0. The first-order valence-corrected chi connectivity index (χ1v) is 6.48. The van der Waals surface area contributed by atoms with E-state index in [1.54, 1.807) is 0 Å². The van der Waals surface area contributed by atoms with Crippen molar-refractivity contribution < 1.29 is 4.79 Å². The van der Waals surface area contributed by atoms with Crippen LogP contribution in [0.1, 0.15) is 0 Å². The molecule has 4 rings (SSSR count). The zero-order chi connectivity index (χ0) is 9.97. The Morgan fingerprint density at radius 2 is 1.29 bits per heavy atom. The van der Waals surface area contributed by atoms with Crippen molar-refractivity contribution in [3.8, 4) is 0 Å². The minimum atomic E-state index is -0.316. The SMILES string of the molecule is O=C1C2(Br)CN3CCN(C2)CC1(Br)C3. The van der Waals surface area contributed by atoms with E-state index in [-0.39, 0.29) is 8.65 Å². The summed E-state index contributed by atoms with van der Waals surface area (Å²) in [5.41, 5.74) is 0. The van der Waals surface area contributed by atoms with Gasteiger partial charge in [0.05, 0.1) is 0 Å². The second kappa shape index (κ2) is 2.81. The van der Waals surface area contributed by atoms with Crippen LogP contribution < -0.4 is 0 Å². The first kappa shape index (κ1) is 9.75. The van der Waals surface area contributed by atoms with Crippen molar-refractivity contribution in [3.63, 3.8) is 0 Å². The van der Waals surface area contributed by atoms with Gasteiger partial charge in [-0.1, -0.05) is 31.9 Å². The van der Waals surface area contributed by atoms with Crippen LogP contribution in [0.5, 0.6) is 0 Å². The van der Waals surface area contributed by atoms with E-state index in [2.05, 4.69) is 41.7 Å². The predicted molar refractivity (Wildman–Crippen MR) is 61.2 cm³/mol. The van der Waals surface area contributed by atoms with Gasteiger partial charge in [-0.3, -0.25) is 14.6 Å². The molecule has 0 aromatic heterocycles. The molecule has 0 amide bonds. The van der Waals surface area contributed by atoms with Crippen molar-refractivity contribution >= 4 is 37.6 Å². The Morgan fingerprint density at radius 1 is 0.929 bits per heavy atom. The molecule has 4 fully saturated rings. The molecule has 4 aliphatic heterocycles. The van der Waals surface area contributed by atoms with Crippen molar-refractivity contribution in [2.24, 2.45) is 0 Å². The molecule has 4 saturated heterocycles. The molecule has 0 aromatic rings. The van der Waals surface area contributed by atoms with Gasteiger partial charge in [-0.05, 0) is 0 Å². The molecule has 4 aliphatic rings. The van der Waals surface area contributed by atoms with Gasteiger partial charge in [0.2, 0.25) is 0 Å². The maximum atomic E-state index is 12.2. The molecule has 0 aromatic carbocycles. The second-order valence-corrected chi connectivity index (χ2v) is 7.72. The van der Waals surface area contributed by atoms with Crippen molar-refractivity contribution in [3.05, 3.63) is 0 Å². The molecular weight excluding hydrogens is 312 g/mol. The van der Waals surface area contributed by atoms with E-state index in [0.29, 0.717) is 5.78 Å². The molecule has 4 heterocycles. The number of hydrogen-bond acceptors (Lipinski definition) is 3. The fourth-order valence-electron chi connectivity index (χ4n) is 2.92. The first-order chi connectivity index (χ1) is 6.52. The van der Waals surface area contributed by atoms with E-state index in [9.17, 15) is 4.79 Å². The van der Waals surface area contributed by atoms with Crippen molar-refractivity contribution in [1.29, 1.82) is 0 Å². The highest BCUT2D eigenvalue weighted by molar-refractivity contribution is 9.11. The van der Waals surface area contributed by atoms with Gasteiger partial charge in [0.1, 0.15) is 8.65 Å². The first-order valence-electron chi connectivity index (χ1n) is 4.89. The lowest BCUT2D eigenvalue weighted by Gasteiger charge is -2.49. The van der Waals surface area contributed by atoms with Crippen LogP contribution in [-0.4, -0.2) is 63.5 Å². The summed E-state index contributed by atoms with van der Waals surface area (Å²) in [4.78, 5) is 17.0. The fraction of sp³-hybridized carbons (Fsp3) is 0.889. The summed E-state index contributed by atoms with van der Waals surface area (Å²) in [7, 11) is 0. The van der Waals surface area contributed by atoms with Gasteiger partial charge in [-0.15, -0.1) is 0 Å². The number of rotatable bonds is 0. The average molecular weight is 324 g/mol. The molecule has 0 N–H and O–H groups in total. The maximum absolute atomic E-state index is 12.2. The van der Waals surface area contributed by atoms with Gasteiger partial charge in [-0.25, -0.2) is 0 Å². The number of Topliss-reactive ketones (excluding diaryl/α,β-unsaturated/α-hetero) is 1. The van der Waals surface area contributed by atoms with Gasteiger partial charge >= 0.3 is 0 Å². The van der Waals surface area contributed by atoms with Crippen LogP contribution in [0.4, 0.5) is 0 Å². The smallest absolute Gasteiger partial charge is 0.171 e. The molecule has 0 spiro atoms. The van der Waals surface area contributed by atoms with Crippen LogP contribution in [0, 0.1) is 0 Å². The maximum Gasteiger partial charge on any atom is 0.171 e. The molecule has 14 heavy (non-hydrogen) atoms. The summed E-state index contributed by atoms with van der Waals surface area (Å²) >= 11 is 7.29. The molecular formula is C9H12Br2N2O. The summed E-state index contributed by atoms with van der Waals surface area (Å²) in [6.45, 7) is 5.67. The molecule has 78 valence electrons. The highest BCUT2D eigenvalue weighted by Crippen LogP contribution is 2.43. The normalized spacial score (nSPS) is 56.3. The summed E-state index contributed by atoms with van der Waals surface area (Å²) in [6.07, 6.45) is 0. The lowest BCUT2D eigenvalue weighted by Crippen LogP contribution is -2.69. The van der Waals surface area contributed by atoms with E-state index < -0.39 is 0 Å². The quantitative estimate of drug-likeness (QED) is 0.605. The molecule has 0 atom stereocenters. The molecule has 4 bridgehead atoms. The van der Waals surface area contributed by atoms with Crippen LogP contribution in [0.25, 0.3) is 0 Å². The number of piperidine rings is 2. The third-order valence-electron chi connectivity index (χ3n) is 3.44. The Balaban J connectivity index is 2.09. The Hall–Kier alpha value is 0.550. The fourth-order valence-corrected chi connectivity index (χ4v) is 5.36. The van der Waals surface area contributed by atoms with Crippen molar-refractivity contribution in [2.75, 3.05) is 39.3 Å². The Morgan fingerprint density at radius 3 is 1.64 bits per heavy atom. The van der Waals surface area contributed by atoms with Crippen molar-refractivity contribution in [1.82, 2.24) is 9.80 Å². The summed E-state index contributed by atoms with van der Waals surface area (Å²) < 4.78 is -0.632. The molecule has 3 nitrogen and oxygen atoms in total. The van der Waals surface area contributed by atoms with Crippen LogP contribution in [-0.2, 0) is 4.79 Å². The molecule has 5 heteroatoms. The summed E-state index contributed by atoms with van der Waals surface area (Å²) in [5.74, 6) is 0.347.